The van der Waals surface area contributed by atoms with E-state index in [9.17, 15) is 19.2 Å². The second-order valence-electron chi connectivity index (χ2n) is 6.89. The van der Waals surface area contributed by atoms with E-state index in [1.54, 1.807) is 0 Å². The molecule has 1 rings (SSSR count). The minimum atomic E-state index is -0.537. The molecule has 1 fully saturated rings. The number of amides is 4. The number of hydrogen-bond acceptors (Lipinski definition) is 6. The summed E-state index contributed by atoms with van der Waals surface area (Å²) in [6.45, 7) is 11.5. The van der Waals surface area contributed by atoms with Crippen LogP contribution in [-0.2, 0) is 19.1 Å². The molecule has 4 amide bonds. The van der Waals surface area contributed by atoms with Gasteiger partial charge in [0, 0.05) is 6.42 Å². The van der Waals surface area contributed by atoms with E-state index in [0.29, 0.717) is 12.8 Å². The Morgan fingerprint density at radius 1 is 1.36 bits per heavy atom. The normalized spacial score (nSPS) is 17.7. The number of nitrogens with one attached hydrogen (secondary N) is 3. The van der Waals surface area contributed by atoms with Crippen molar-refractivity contribution in [3.8, 4) is 0 Å². The second-order valence-corrected chi connectivity index (χ2v) is 8.18. The van der Waals surface area contributed by atoms with E-state index < -0.39 is 23.6 Å². The first kappa shape index (κ1) is 25.7. The number of thioether (sulfide) groups is 1. The number of imide groups is 1. The van der Waals surface area contributed by atoms with Crippen LogP contribution in [0.4, 0.5) is 4.79 Å². The van der Waals surface area contributed by atoms with E-state index in [2.05, 4.69) is 16.0 Å². The highest BCUT2D eigenvalue weighted by Crippen LogP contribution is 2.23. The van der Waals surface area contributed by atoms with Gasteiger partial charge < -0.3 is 10.1 Å². The predicted molar refractivity (Wildman–Crippen MR) is 110 cm³/mol. The number of alkyl carbamates (subject to hydrolysis) is 1. The van der Waals surface area contributed by atoms with Gasteiger partial charge in [-0.3, -0.25) is 25.0 Å². The van der Waals surface area contributed by atoms with Gasteiger partial charge >= 0.3 is 6.09 Å². The minimum absolute atomic E-state index is 0.279. The molecule has 9 heteroatoms. The SMILES string of the molecule is C/C=C(/C)S/C(=C/CC)NC(=O)OC(C)(C)C.O=CNC1CCC(=O)NC1=O. The summed E-state index contributed by atoms with van der Waals surface area (Å²) in [5.74, 6) is -0.702. The highest BCUT2D eigenvalue weighted by atomic mass is 32.2. The molecular formula is C19H31N3O5S. The Balaban J connectivity index is 0.000000567. The summed E-state index contributed by atoms with van der Waals surface area (Å²) in [7, 11) is 0. The Hall–Kier alpha value is -2.29. The Bertz CT molecular complexity index is 624. The van der Waals surface area contributed by atoms with Crippen LogP contribution in [0.5, 0.6) is 0 Å². The van der Waals surface area contributed by atoms with Crippen LogP contribution in [0.3, 0.4) is 0 Å². The Labute approximate surface area is 170 Å². The van der Waals surface area contributed by atoms with Crippen molar-refractivity contribution in [3.05, 3.63) is 22.1 Å². The van der Waals surface area contributed by atoms with Gasteiger partial charge in [-0.1, -0.05) is 30.8 Å². The quantitative estimate of drug-likeness (QED) is 0.456. The van der Waals surface area contributed by atoms with Gasteiger partial charge in [0.15, 0.2) is 0 Å². The molecule has 0 saturated carbocycles. The third-order valence-electron chi connectivity index (χ3n) is 3.20. The maximum Gasteiger partial charge on any atom is 0.412 e. The van der Waals surface area contributed by atoms with Gasteiger partial charge in [0.1, 0.15) is 11.6 Å². The molecule has 0 aromatic carbocycles. The van der Waals surface area contributed by atoms with Crippen LogP contribution >= 0.6 is 11.8 Å². The molecule has 1 unspecified atom stereocenters. The number of carbonyl (C=O) groups excluding carboxylic acids is 4. The third-order valence-corrected chi connectivity index (χ3v) is 4.25. The minimum Gasteiger partial charge on any atom is -0.444 e. The van der Waals surface area contributed by atoms with Crippen molar-refractivity contribution in [2.75, 3.05) is 0 Å². The van der Waals surface area contributed by atoms with E-state index in [0.717, 1.165) is 16.4 Å². The van der Waals surface area contributed by atoms with Crippen molar-refractivity contribution in [3.63, 3.8) is 0 Å². The molecule has 1 saturated heterocycles. The molecule has 0 bridgehead atoms. The summed E-state index contributed by atoms with van der Waals surface area (Å²) >= 11 is 1.53. The molecule has 3 N–H and O–H groups in total. The fourth-order valence-electron chi connectivity index (χ4n) is 1.87. The molecule has 158 valence electrons. The number of ether oxygens (including phenoxy) is 1. The van der Waals surface area contributed by atoms with E-state index in [1.807, 2.05) is 53.7 Å². The van der Waals surface area contributed by atoms with Gasteiger partial charge in [-0.25, -0.2) is 4.79 Å². The number of piperidine rings is 1. The van der Waals surface area contributed by atoms with Crippen LogP contribution in [0.1, 0.15) is 60.8 Å². The molecule has 1 atom stereocenters. The topological polar surface area (TPSA) is 114 Å². The summed E-state index contributed by atoms with van der Waals surface area (Å²) in [6.07, 6.45) is 5.58. The van der Waals surface area contributed by atoms with Gasteiger partial charge in [0.05, 0.1) is 5.03 Å². The maximum atomic E-state index is 11.6. The Kier molecular flexibility index (Phi) is 11.9. The second kappa shape index (κ2) is 13.0. The number of carbonyl (C=O) groups is 4. The summed E-state index contributed by atoms with van der Waals surface area (Å²) in [4.78, 5) is 44.1. The van der Waals surface area contributed by atoms with Gasteiger partial charge in [-0.05, 0) is 52.4 Å². The lowest BCUT2D eigenvalue weighted by Crippen LogP contribution is -2.50. The molecule has 0 aromatic rings. The van der Waals surface area contributed by atoms with Crippen LogP contribution < -0.4 is 16.0 Å². The number of rotatable bonds is 6. The third kappa shape index (κ3) is 12.2. The monoisotopic (exact) mass is 413 g/mol. The molecule has 8 nitrogen and oxygen atoms in total. The highest BCUT2D eigenvalue weighted by Gasteiger charge is 2.25. The number of hydrogen-bond donors (Lipinski definition) is 3. The molecule has 0 spiro atoms. The Morgan fingerprint density at radius 3 is 2.46 bits per heavy atom. The zero-order chi connectivity index (χ0) is 21.7. The average Bonchev–Trinajstić information content (AvgIpc) is 2.56. The molecule has 1 heterocycles. The summed E-state index contributed by atoms with van der Waals surface area (Å²) in [5, 5.41) is 8.00. The largest absolute Gasteiger partial charge is 0.444 e. The van der Waals surface area contributed by atoms with Crippen LogP contribution in [0.2, 0.25) is 0 Å². The zero-order valence-electron chi connectivity index (χ0n) is 17.4. The summed E-state index contributed by atoms with van der Waals surface area (Å²) in [5.41, 5.74) is -0.471. The van der Waals surface area contributed by atoms with E-state index in [4.69, 9.17) is 4.74 Å². The average molecular weight is 414 g/mol. The van der Waals surface area contributed by atoms with Gasteiger partial charge in [0.25, 0.3) is 0 Å². The first-order valence-electron chi connectivity index (χ1n) is 9.06. The standard InChI is InChI=1S/C13H23NO2S.C6H8N2O3/c1-7-9-11(17-10(3)8-2)14-12(15)16-13(4,5)6;9-3-7-4-1-2-5(10)8-6(4)11/h8-9H,7H2,1-6H3,(H,14,15);3-4H,1-2H2,(H,7,9)(H,8,10,11)/b10-8-,11-9+;. The van der Waals surface area contributed by atoms with Crippen LogP contribution in [-0.4, -0.2) is 36.0 Å². The van der Waals surface area contributed by atoms with Crippen LogP contribution in [0.25, 0.3) is 0 Å². The predicted octanol–water partition coefficient (Wildman–Crippen LogP) is 2.96. The van der Waals surface area contributed by atoms with Crippen molar-refractivity contribution >= 4 is 36.1 Å². The maximum absolute atomic E-state index is 11.6. The molecule has 0 aliphatic carbocycles. The fraction of sp³-hybridized carbons (Fsp3) is 0.579. The smallest absolute Gasteiger partial charge is 0.412 e. The first-order chi connectivity index (χ1) is 13.0. The number of allylic oxidation sites excluding steroid dienone is 3. The Morgan fingerprint density at radius 2 is 2.00 bits per heavy atom. The van der Waals surface area contributed by atoms with E-state index in [-0.39, 0.29) is 12.3 Å². The van der Waals surface area contributed by atoms with E-state index in [1.165, 1.54) is 11.8 Å². The highest BCUT2D eigenvalue weighted by molar-refractivity contribution is 8.06. The van der Waals surface area contributed by atoms with Crippen molar-refractivity contribution in [1.29, 1.82) is 0 Å². The summed E-state index contributed by atoms with van der Waals surface area (Å²) in [6, 6.07) is -0.537. The lowest BCUT2D eigenvalue weighted by atomic mass is 10.1. The molecular weight excluding hydrogens is 382 g/mol. The lowest BCUT2D eigenvalue weighted by molar-refractivity contribution is -0.135. The molecule has 0 radical (unpaired) electrons. The summed E-state index contributed by atoms with van der Waals surface area (Å²) < 4.78 is 5.21. The van der Waals surface area contributed by atoms with Gasteiger partial charge in [-0.2, -0.15) is 0 Å². The first-order valence-corrected chi connectivity index (χ1v) is 9.88. The lowest BCUT2D eigenvalue weighted by Gasteiger charge is -2.20. The van der Waals surface area contributed by atoms with Gasteiger partial charge in [-0.15, -0.1) is 0 Å². The van der Waals surface area contributed by atoms with Crippen molar-refractivity contribution in [2.45, 2.75) is 72.4 Å². The van der Waals surface area contributed by atoms with Crippen molar-refractivity contribution in [1.82, 2.24) is 16.0 Å². The molecule has 1 aliphatic rings. The molecule has 1 aliphatic heterocycles. The molecule has 0 aromatic heterocycles. The zero-order valence-corrected chi connectivity index (χ0v) is 18.2. The molecule has 28 heavy (non-hydrogen) atoms. The van der Waals surface area contributed by atoms with Gasteiger partial charge in [0.2, 0.25) is 18.2 Å². The van der Waals surface area contributed by atoms with E-state index >= 15 is 0 Å². The van der Waals surface area contributed by atoms with Crippen LogP contribution in [0, 0.1) is 0 Å². The van der Waals surface area contributed by atoms with Crippen molar-refractivity contribution in [2.24, 2.45) is 0 Å². The van der Waals surface area contributed by atoms with Crippen LogP contribution in [0.15, 0.2) is 22.1 Å². The fourth-order valence-corrected chi connectivity index (χ4v) is 2.72. The van der Waals surface area contributed by atoms with Crippen molar-refractivity contribution < 1.29 is 23.9 Å².